The first-order valence-electron chi connectivity index (χ1n) is 7.67. The van der Waals surface area contributed by atoms with E-state index in [1.807, 2.05) is 32.0 Å². The molecule has 1 aliphatic carbocycles. The van der Waals surface area contributed by atoms with Gasteiger partial charge in [-0.25, -0.2) is 9.59 Å². The van der Waals surface area contributed by atoms with E-state index in [0.717, 1.165) is 11.1 Å². The van der Waals surface area contributed by atoms with Gasteiger partial charge in [-0.2, -0.15) is 0 Å². The van der Waals surface area contributed by atoms with Crippen molar-refractivity contribution in [2.24, 2.45) is 5.92 Å². The molecular weight excluding hydrogens is 312 g/mol. The van der Waals surface area contributed by atoms with Gasteiger partial charge in [0.05, 0.1) is 23.5 Å². The molecule has 24 heavy (non-hydrogen) atoms. The van der Waals surface area contributed by atoms with E-state index in [9.17, 15) is 19.2 Å². The molecule has 3 aliphatic rings. The quantitative estimate of drug-likeness (QED) is 0.575. The average Bonchev–Trinajstić information content (AvgIpc) is 2.98. The molecule has 0 N–H and O–H groups in total. The molecule has 0 amide bonds. The van der Waals surface area contributed by atoms with Gasteiger partial charge in [-0.1, -0.05) is 30.7 Å². The van der Waals surface area contributed by atoms with Gasteiger partial charge in [0, 0.05) is 5.41 Å². The van der Waals surface area contributed by atoms with Crippen LogP contribution in [0.1, 0.15) is 36.5 Å². The predicted molar refractivity (Wildman–Crippen MR) is 80.4 cm³/mol. The van der Waals surface area contributed by atoms with Crippen LogP contribution in [-0.4, -0.2) is 23.9 Å². The molecule has 2 unspecified atom stereocenters. The van der Waals surface area contributed by atoms with Crippen LogP contribution >= 0.6 is 0 Å². The van der Waals surface area contributed by atoms with E-state index in [4.69, 9.17) is 9.47 Å². The summed E-state index contributed by atoms with van der Waals surface area (Å²) in [5.74, 6) is -3.18. The van der Waals surface area contributed by atoms with Gasteiger partial charge in [-0.05, 0) is 24.5 Å². The normalized spacial score (nSPS) is 28.7. The zero-order valence-corrected chi connectivity index (χ0v) is 13.2. The van der Waals surface area contributed by atoms with Gasteiger partial charge in [0.15, 0.2) is 0 Å². The fourth-order valence-corrected chi connectivity index (χ4v) is 3.95. The summed E-state index contributed by atoms with van der Waals surface area (Å²) in [6.45, 7) is 3.70. The Kier molecular flexibility index (Phi) is 2.85. The summed E-state index contributed by atoms with van der Waals surface area (Å²) in [6.07, 6.45) is 0.129. The molecule has 0 radical (unpaired) electrons. The lowest BCUT2D eigenvalue weighted by molar-refractivity contribution is -0.154. The summed E-state index contributed by atoms with van der Waals surface area (Å²) in [5.41, 5.74) is 2.01. The number of benzene rings is 1. The van der Waals surface area contributed by atoms with Crippen LogP contribution in [0.15, 0.2) is 23.8 Å². The molecule has 0 bridgehead atoms. The lowest BCUT2D eigenvalue weighted by Gasteiger charge is -2.38. The molecule has 1 aromatic rings. The van der Waals surface area contributed by atoms with Crippen molar-refractivity contribution < 1.29 is 28.7 Å². The minimum Gasteiger partial charge on any atom is -0.393 e. The maximum Gasteiger partial charge on any atom is 0.347 e. The van der Waals surface area contributed by atoms with E-state index in [1.54, 1.807) is 0 Å². The molecule has 122 valence electrons. The number of hydrogen-bond donors (Lipinski definition) is 0. The summed E-state index contributed by atoms with van der Waals surface area (Å²) >= 11 is 0. The number of fused-ring (bicyclic) bond motifs is 2. The molecule has 0 spiro atoms. The van der Waals surface area contributed by atoms with E-state index >= 15 is 0 Å². The van der Waals surface area contributed by atoms with Gasteiger partial charge < -0.3 is 9.47 Å². The molecule has 6 heteroatoms. The van der Waals surface area contributed by atoms with E-state index in [2.05, 4.69) is 0 Å². The van der Waals surface area contributed by atoms with Crippen LogP contribution in [0.5, 0.6) is 0 Å². The minimum absolute atomic E-state index is 0.0335. The number of aryl methyl sites for hydroxylation is 1. The summed E-state index contributed by atoms with van der Waals surface area (Å²) < 4.78 is 9.49. The first-order chi connectivity index (χ1) is 11.3. The smallest absolute Gasteiger partial charge is 0.347 e. The third-order valence-electron chi connectivity index (χ3n) is 5.18. The Morgan fingerprint density at radius 1 is 1.08 bits per heavy atom. The summed E-state index contributed by atoms with van der Waals surface area (Å²) in [5, 5.41) is 0. The minimum atomic E-state index is -0.811. The van der Waals surface area contributed by atoms with E-state index < -0.39 is 35.2 Å². The first-order valence-corrected chi connectivity index (χ1v) is 7.67. The Balaban J connectivity index is 1.95. The van der Waals surface area contributed by atoms with Crippen LogP contribution in [0.25, 0.3) is 5.57 Å². The summed E-state index contributed by atoms with van der Waals surface area (Å²) in [7, 11) is 0. The topological polar surface area (TPSA) is 86.7 Å². The highest BCUT2D eigenvalue weighted by molar-refractivity contribution is 6.31. The second-order valence-corrected chi connectivity index (χ2v) is 6.72. The van der Waals surface area contributed by atoms with Gasteiger partial charge in [0.1, 0.15) is 0 Å². The Morgan fingerprint density at radius 3 is 2.50 bits per heavy atom. The molecule has 1 fully saturated rings. The molecule has 6 nitrogen and oxygen atoms in total. The molecular formula is C18H14O6. The predicted octanol–water partition coefficient (Wildman–Crippen LogP) is 1.58. The lowest BCUT2D eigenvalue weighted by atomic mass is 9.62. The highest BCUT2D eigenvalue weighted by atomic mass is 16.6. The van der Waals surface area contributed by atoms with E-state index in [1.165, 1.54) is 0 Å². The van der Waals surface area contributed by atoms with Gasteiger partial charge >= 0.3 is 23.9 Å². The van der Waals surface area contributed by atoms with Crippen molar-refractivity contribution in [2.75, 3.05) is 0 Å². The highest BCUT2D eigenvalue weighted by Crippen LogP contribution is 2.51. The van der Waals surface area contributed by atoms with Crippen molar-refractivity contribution in [3.05, 3.63) is 40.5 Å². The fourth-order valence-electron chi connectivity index (χ4n) is 3.95. The third-order valence-corrected chi connectivity index (χ3v) is 5.18. The molecule has 2 heterocycles. The maximum absolute atomic E-state index is 12.2. The number of carbonyl (C=O) groups excluding carboxylic acids is 4. The Hall–Kier alpha value is -2.76. The van der Waals surface area contributed by atoms with Crippen molar-refractivity contribution in [1.29, 1.82) is 0 Å². The van der Waals surface area contributed by atoms with Gasteiger partial charge in [-0.3, -0.25) is 9.59 Å². The number of rotatable bonds is 1. The standard InChI is InChI=1S/C18H14O6/c1-8-3-4-11-9(5-8)14-10(15(20)24-17(14)22)7-18(11,2)12-6-13(19)23-16(12)21/h3-5,12H,6-7H2,1-2H3. The van der Waals surface area contributed by atoms with Crippen LogP contribution in [0, 0.1) is 12.8 Å². The number of hydrogen-bond acceptors (Lipinski definition) is 6. The van der Waals surface area contributed by atoms with Gasteiger partial charge in [0.2, 0.25) is 0 Å². The Bertz CT molecular complexity index is 877. The van der Waals surface area contributed by atoms with E-state index in [-0.39, 0.29) is 24.0 Å². The van der Waals surface area contributed by atoms with Crippen molar-refractivity contribution in [3.63, 3.8) is 0 Å². The van der Waals surface area contributed by atoms with Gasteiger partial charge in [-0.15, -0.1) is 0 Å². The van der Waals surface area contributed by atoms with Crippen LogP contribution in [0.3, 0.4) is 0 Å². The monoisotopic (exact) mass is 326 g/mol. The number of carbonyl (C=O) groups is 4. The van der Waals surface area contributed by atoms with Crippen LogP contribution in [0.4, 0.5) is 0 Å². The van der Waals surface area contributed by atoms with E-state index in [0.29, 0.717) is 5.56 Å². The number of esters is 4. The Morgan fingerprint density at radius 2 is 1.83 bits per heavy atom. The number of ether oxygens (including phenoxy) is 2. The molecule has 0 aromatic heterocycles. The first kappa shape index (κ1) is 14.8. The van der Waals surface area contributed by atoms with Crippen molar-refractivity contribution in [2.45, 2.75) is 32.1 Å². The Labute approximate surface area is 137 Å². The van der Waals surface area contributed by atoms with Crippen LogP contribution in [-0.2, 0) is 34.1 Å². The zero-order valence-electron chi connectivity index (χ0n) is 13.2. The van der Waals surface area contributed by atoms with Crippen molar-refractivity contribution in [3.8, 4) is 0 Å². The highest BCUT2D eigenvalue weighted by Gasteiger charge is 2.53. The van der Waals surface area contributed by atoms with Crippen LogP contribution < -0.4 is 0 Å². The summed E-state index contributed by atoms with van der Waals surface area (Å²) in [4.78, 5) is 47.9. The molecule has 2 atom stereocenters. The molecule has 0 saturated carbocycles. The van der Waals surface area contributed by atoms with Gasteiger partial charge in [0.25, 0.3) is 0 Å². The third kappa shape index (κ3) is 1.82. The van der Waals surface area contributed by atoms with Crippen LogP contribution in [0.2, 0.25) is 0 Å². The lowest BCUT2D eigenvalue weighted by Crippen LogP contribution is -2.39. The maximum atomic E-state index is 12.2. The molecule has 1 aromatic carbocycles. The number of cyclic esters (lactones) is 4. The molecule has 4 rings (SSSR count). The van der Waals surface area contributed by atoms with Crippen molar-refractivity contribution in [1.82, 2.24) is 0 Å². The average molecular weight is 326 g/mol. The molecule has 1 saturated heterocycles. The summed E-state index contributed by atoms with van der Waals surface area (Å²) in [6, 6.07) is 5.54. The second-order valence-electron chi connectivity index (χ2n) is 6.72. The fraction of sp³-hybridized carbons (Fsp3) is 0.333. The molecule has 2 aliphatic heterocycles. The largest absolute Gasteiger partial charge is 0.393 e. The second kappa shape index (κ2) is 4.63. The zero-order chi connectivity index (χ0) is 17.2. The van der Waals surface area contributed by atoms with Crippen molar-refractivity contribution >= 4 is 29.5 Å². The SMILES string of the molecule is Cc1ccc2c(c1)C1=C(CC2(C)C2CC(=O)OC2=O)C(=O)OC1=O.